The molecule has 22 heavy (non-hydrogen) atoms. The first-order chi connectivity index (χ1) is 10.6. The Balaban J connectivity index is 2.66. The Hall–Kier alpha value is -3.38. The second-order valence-corrected chi connectivity index (χ2v) is 4.24. The maximum absolute atomic E-state index is 12.0. The number of para-hydroxylation sites is 2. The second-order valence-electron chi connectivity index (χ2n) is 4.24. The molecule has 0 spiro atoms. The van der Waals surface area contributed by atoms with Crippen LogP contribution in [-0.4, -0.2) is 24.3 Å². The van der Waals surface area contributed by atoms with Crippen molar-refractivity contribution >= 4 is 11.7 Å². The van der Waals surface area contributed by atoms with Gasteiger partial charge >= 0.3 is 5.97 Å². The average molecular weight is 295 g/mol. The minimum absolute atomic E-state index is 0.0566. The lowest BCUT2D eigenvalue weighted by atomic mass is 10.2. The lowest BCUT2D eigenvalue weighted by Gasteiger charge is -2.13. The number of nitrogens with zero attached hydrogens (tertiary/aromatic N) is 2. The van der Waals surface area contributed by atoms with Gasteiger partial charge in [0.25, 0.3) is 0 Å². The number of nitriles is 1. The van der Waals surface area contributed by atoms with Gasteiger partial charge in [0.1, 0.15) is 18.4 Å². The van der Waals surface area contributed by atoms with Crippen LogP contribution in [0.4, 0.5) is 5.69 Å². The Morgan fingerprint density at radius 3 is 2.82 bits per heavy atom. The zero-order valence-corrected chi connectivity index (χ0v) is 11.9. The minimum atomic E-state index is -0.647. The van der Waals surface area contributed by atoms with E-state index in [9.17, 15) is 4.79 Å². The van der Waals surface area contributed by atoms with Gasteiger partial charge in [0, 0.05) is 6.20 Å². The molecule has 0 aliphatic carbocycles. The SMILES string of the molecule is C#CCOc1ccccc1-n1cc(C#N)c(N)c1C(=O)OC. The fourth-order valence-corrected chi connectivity index (χ4v) is 2.00. The van der Waals surface area contributed by atoms with E-state index in [-0.39, 0.29) is 23.6 Å². The first-order valence-electron chi connectivity index (χ1n) is 6.29. The summed E-state index contributed by atoms with van der Waals surface area (Å²) < 4.78 is 11.7. The molecule has 0 radical (unpaired) electrons. The number of carbonyl (C=O) groups excluding carboxylic acids is 1. The van der Waals surface area contributed by atoms with Gasteiger partial charge in [-0.2, -0.15) is 5.26 Å². The summed E-state index contributed by atoms with van der Waals surface area (Å²) in [6, 6.07) is 8.90. The number of hydrogen-bond donors (Lipinski definition) is 1. The van der Waals surface area contributed by atoms with Crippen LogP contribution in [0.2, 0.25) is 0 Å². The van der Waals surface area contributed by atoms with Crippen molar-refractivity contribution in [2.75, 3.05) is 19.5 Å². The molecule has 1 aromatic heterocycles. The summed E-state index contributed by atoms with van der Waals surface area (Å²) in [5.74, 6) is 2.19. The summed E-state index contributed by atoms with van der Waals surface area (Å²) in [5, 5.41) is 9.12. The molecule has 0 amide bonds. The molecular formula is C16H13N3O3. The van der Waals surface area contributed by atoms with Gasteiger partial charge in [-0.15, -0.1) is 6.42 Å². The summed E-state index contributed by atoms with van der Waals surface area (Å²) in [5.41, 5.74) is 6.69. The van der Waals surface area contributed by atoms with Crippen LogP contribution in [0, 0.1) is 23.7 Å². The van der Waals surface area contributed by atoms with Crippen LogP contribution in [0.3, 0.4) is 0 Å². The summed E-state index contributed by atoms with van der Waals surface area (Å²) >= 11 is 0. The number of nitrogens with two attached hydrogens (primary N) is 1. The zero-order chi connectivity index (χ0) is 16.1. The van der Waals surface area contributed by atoms with E-state index in [4.69, 9.17) is 26.9 Å². The molecule has 2 rings (SSSR count). The fraction of sp³-hybridized carbons (Fsp3) is 0.125. The van der Waals surface area contributed by atoms with Gasteiger partial charge in [-0.3, -0.25) is 0 Å². The van der Waals surface area contributed by atoms with Crippen LogP contribution in [-0.2, 0) is 4.74 Å². The number of ether oxygens (including phenoxy) is 2. The van der Waals surface area contributed by atoms with Crippen LogP contribution >= 0.6 is 0 Å². The van der Waals surface area contributed by atoms with Crippen molar-refractivity contribution in [1.29, 1.82) is 5.26 Å². The summed E-state index contributed by atoms with van der Waals surface area (Å²) in [6.45, 7) is 0.0758. The largest absolute Gasteiger partial charge is 0.479 e. The second kappa shape index (κ2) is 6.38. The number of terminal acetylenes is 1. The van der Waals surface area contributed by atoms with Gasteiger partial charge in [-0.25, -0.2) is 4.79 Å². The van der Waals surface area contributed by atoms with Crippen molar-refractivity contribution in [1.82, 2.24) is 4.57 Å². The molecule has 0 atom stereocenters. The van der Waals surface area contributed by atoms with Crippen LogP contribution < -0.4 is 10.5 Å². The molecule has 110 valence electrons. The topological polar surface area (TPSA) is 90.3 Å². The molecule has 2 aromatic rings. The number of carbonyl (C=O) groups is 1. The molecule has 1 heterocycles. The number of methoxy groups -OCH3 is 1. The van der Waals surface area contributed by atoms with Gasteiger partial charge < -0.3 is 19.8 Å². The summed E-state index contributed by atoms with van der Waals surface area (Å²) in [7, 11) is 1.24. The van der Waals surface area contributed by atoms with E-state index in [0.29, 0.717) is 11.4 Å². The van der Waals surface area contributed by atoms with Crippen molar-refractivity contribution < 1.29 is 14.3 Å². The number of aromatic nitrogens is 1. The highest BCUT2D eigenvalue weighted by atomic mass is 16.5. The van der Waals surface area contributed by atoms with Crippen molar-refractivity contribution in [3.63, 3.8) is 0 Å². The number of rotatable bonds is 4. The smallest absolute Gasteiger partial charge is 0.357 e. The molecule has 0 aliphatic heterocycles. The van der Waals surface area contributed by atoms with E-state index in [1.165, 1.54) is 17.9 Å². The molecule has 1 aromatic carbocycles. The molecule has 0 saturated heterocycles. The van der Waals surface area contributed by atoms with Gasteiger partial charge in [-0.1, -0.05) is 18.1 Å². The predicted octanol–water partition coefficient (Wildman–Crippen LogP) is 1.73. The first-order valence-corrected chi connectivity index (χ1v) is 6.29. The molecule has 0 unspecified atom stereocenters. The zero-order valence-electron chi connectivity index (χ0n) is 11.9. The van der Waals surface area contributed by atoms with E-state index in [1.54, 1.807) is 24.3 Å². The highest BCUT2D eigenvalue weighted by Gasteiger charge is 2.23. The molecule has 6 nitrogen and oxygen atoms in total. The molecular weight excluding hydrogens is 282 g/mol. The Bertz CT molecular complexity index is 794. The summed E-state index contributed by atoms with van der Waals surface area (Å²) in [6.07, 6.45) is 6.65. The third-order valence-electron chi connectivity index (χ3n) is 2.98. The monoisotopic (exact) mass is 295 g/mol. The highest BCUT2D eigenvalue weighted by Crippen LogP contribution is 2.29. The fourth-order valence-electron chi connectivity index (χ4n) is 2.00. The first kappa shape index (κ1) is 15.0. The van der Waals surface area contributed by atoms with Crippen molar-refractivity contribution in [3.05, 3.63) is 41.7 Å². The summed E-state index contributed by atoms with van der Waals surface area (Å²) in [4.78, 5) is 12.0. The molecule has 0 saturated carbocycles. The van der Waals surface area contributed by atoms with E-state index in [1.807, 2.05) is 6.07 Å². The number of esters is 1. The molecule has 0 aliphatic rings. The van der Waals surface area contributed by atoms with E-state index >= 15 is 0 Å². The molecule has 6 heteroatoms. The normalized spacial score (nSPS) is 9.59. The van der Waals surface area contributed by atoms with Crippen molar-refractivity contribution in [3.8, 4) is 29.8 Å². The third-order valence-corrected chi connectivity index (χ3v) is 2.98. The Morgan fingerprint density at radius 2 is 2.18 bits per heavy atom. The molecule has 0 fully saturated rings. The van der Waals surface area contributed by atoms with Crippen molar-refractivity contribution in [2.45, 2.75) is 0 Å². The average Bonchev–Trinajstić information content (AvgIpc) is 2.89. The van der Waals surface area contributed by atoms with Gasteiger partial charge in [-0.05, 0) is 12.1 Å². The number of hydrogen-bond acceptors (Lipinski definition) is 5. The van der Waals surface area contributed by atoms with Crippen LogP contribution in [0.5, 0.6) is 5.75 Å². The Kier molecular flexibility index (Phi) is 4.36. The number of benzene rings is 1. The van der Waals surface area contributed by atoms with Crippen LogP contribution in [0.15, 0.2) is 30.5 Å². The highest BCUT2D eigenvalue weighted by molar-refractivity contribution is 5.96. The van der Waals surface area contributed by atoms with E-state index < -0.39 is 5.97 Å². The van der Waals surface area contributed by atoms with Crippen LogP contribution in [0.1, 0.15) is 16.1 Å². The lowest BCUT2D eigenvalue weighted by Crippen LogP contribution is -2.12. The minimum Gasteiger partial charge on any atom is -0.479 e. The van der Waals surface area contributed by atoms with Gasteiger partial charge in [0.05, 0.1) is 24.0 Å². The third kappa shape index (κ3) is 2.58. The van der Waals surface area contributed by atoms with Gasteiger partial charge in [0.2, 0.25) is 0 Å². The number of anilines is 1. The van der Waals surface area contributed by atoms with E-state index in [2.05, 4.69) is 5.92 Å². The van der Waals surface area contributed by atoms with E-state index in [0.717, 1.165) is 0 Å². The van der Waals surface area contributed by atoms with Crippen LogP contribution in [0.25, 0.3) is 5.69 Å². The Morgan fingerprint density at radius 1 is 1.45 bits per heavy atom. The van der Waals surface area contributed by atoms with Crippen molar-refractivity contribution in [2.24, 2.45) is 0 Å². The Labute approximate surface area is 127 Å². The molecule has 0 bridgehead atoms. The quantitative estimate of drug-likeness (QED) is 0.685. The standard InChI is InChI=1S/C16H13N3O3/c1-3-8-22-13-7-5-4-6-12(13)19-10-11(9-17)14(18)15(19)16(20)21-2/h1,4-7,10H,8,18H2,2H3. The predicted molar refractivity (Wildman–Crippen MR) is 80.6 cm³/mol. The maximum Gasteiger partial charge on any atom is 0.357 e. The van der Waals surface area contributed by atoms with Gasteiger partial charge in [0.15, 0.2) is 5.69 Å². The molecule has 2 N–H and O–H groups in total. The number of nitrogen functional groups attached to an aromatic ring is 1. The maximum atomic E-state index is 12.0. The lowest BCUT2D eigenvalue weighted by molar-refractivity contribution is 0.0593.